The molecule has 220 valence electrons. The van der Waals surface area contributed by atoms with Crippen molar-refractivity contribution in [3.05, 3.63) is 94.8 Å². The number of alkyl halides is 10. The van der Waals surface area contributed by atoms with Crippen LogP contribution >= 0.6 is 22.9 Å². The van der Waals surface area contributed by atoms with E-state index >= 15 is 0 Å². The minimum Gasteiger partial charge on any atom is -0.311 e. The number of hydrogen-bond acceptors (Lipinski definition) is 2. The third kappa shape index (κ3) is 6.25. The Morgan fingerprint density at radius 2 is 1.27 bits per heavy atom. The zero-order valence-corrected chi connectivity index (χ0v) is 22.3. The molecule has 0 aliphatic heterocycles. The van der Waals surface area contributed by atoms with Gasteiger partial charge in [0.15, 0.2) is 0 Å². The second-order valence-corrected chi connectivity index (χ2v) is 9.36. The molecule has 0 fully saturated rings. The van der Waals surface area contributed by atoms with Gasteiger partial charge in [-0.05, 0) is 54.6 Å². The van der Waals surface area contributed by atoms with Crippen molar-refractivity contribution < 1.29 is 57.9 Å². The summed E-state index contributed by atoms with van der Waals surface area (Å²) in [5.41, 5.74) is -12.1. The number of amides is 2. The fourth-order valence-corrected chi connectivity index (χ4v) is 4.31. The van der Waals surface area contributed by atoms with Crippen LogP contribution < -0.4 is 8.01 Å². The Labute approximate surface area is 237 Å². The van der Waals surface area contributed by atoms with Gasteiger partial charge in [0.2, 0.25) is 0 Å². The van der Waals surface area contributed by atoms with Crippen LogP contribution in [0.2, 0.25) is 0 Å². The van der Waals surface area contributed by atoms with Crippen molar-refractivity contribution in [3.63, 3.8) is 0 Å². The SMILES string of the molecule is CN(C(=O)c1ccc(F)cc1)c1cccc(C(=O)N(I)c2ccc(C(F)(C(F)(F)F)C(F)(F)F)cc2C(F)(F)F)c1. The summed E-state index contributed by atoms with van der Waals surface area (Å²) < 4.78 is 148. The van der Waals surface area contributed by atoms with Crippen LogP contribution in [0.5, 0.6) is 0 Å². The van der Waals surface area contributed by atoms with Crippen LogP contribution in [0.1, 0.15) is 31.8 Å². The summed E-state index contributed by atoms with van der Waals surface area (Å²) in [6.45, 7) is 0. The van der Waals surface area contributed by atoms with Gasteiger partial charge >= 0.3 is 24.2 Å². The maximum Gasteiger partial charge on any atom is 0.435 e. The topological polar surface area (TPSA) is 40.6 Å². The van der Waals surface area contributed by atoms with E-state index in [-0.39, 0.29) is 32.1 Å². The Balaban J connectivity index is 2.02. The molecule has 0 atom stereocenters. The summed E-state index contributed by atoms with van der Waals surface area (Å²) in [5.74, 6) is -2.48. The summed E-state index contributed by atoms with van der Waals surface area (Å²) in [4.78, 5) is 26.8. The second-order valence-electron chi connectivity index (χ2n) is 8.39. The Hall–Kier alpha value is -3.44. The van der Waals surface area contributed by atoms with Crippen LogP contribution in [0.25, 0.3) is 0 Å². The van der Waals surface area contributed by atoms with Crippen LogP contribution in [-0.4, -0.2) is 31.2 Å². The molecule has 0 radical (unpaired) electrons. The zero-order chi connectivity index (χ0) is 31.1. The first kappa shape index (κ1) is 32.1. The van der Waals surface area contributed by atoms with Crippen molar-refractivity contribution in [2.24, 2.45) is 0 Å². The van der Waals surface area contributed by atoms with E-state index in [4.69, 9.17) is 0 Å². The number of halogens is 12. The Morgan fingerprint density at radius 3 is 1.78 bits per heavy atom. The van der Waals surface area contributed by atoms with Crippen molar-refractivity contribution in [2.45, 2.75) is 24.2 Å². The maximum absolute atomic E-state index is 14.4. The molecule has 0 N–H and O–H groups in total. The number of nitrogens with zero attached hydrogens (tertiary/aromatic N) is 2. The van der Waals surface area contributed by atoms with E-state index in [1.54, 1.807) is 0 Å². The van der Waals surface area contributed by atoms with Crippen molar-refractivity contribution in [3.8, 4) is 0 Å². The van der Waals surface area contributed by atoms with Gasteiger partial charge in [0, 0.05) is 29.4 Å². The van der Waals surface area contributed by atoms with Gasteiger partial charge < -0.3 is 4.90 Å². The predicted octanol–water partition coefficient (Wildman–Crippen LogP) is 8.41. The lowest BCUT2D eigenvalue weighted by atomic mass is 9.92. The predicted molar refractivity (Wildman–Crippen MR) is 133 cm³/mol. The van der Waals surface area contributed by atoms with E-state index in [2.05, 4.69) is 0 Å². The zero-order valence-electron chi connectivity index (χ0n) is 20.1. The number of anilines is 2. The van der Waals surface area contributed by atoms with E-state index in [0.29, 0.717) is 0 Å². The van der Waals surface area contributed by atoms with Gasteiger partial charge in [-0.25, -0.2) is 11.9 Å². The first-order valence-corrected chi connectivity index (χ1v) is 11.8. The molecule has 0 bridgehead atoms. The number of benzene rings is 3. The molecule has 41 heavy (non-hydrogen) atoms. The van der Waals surface area contributed by atoms with E-state index in [9.17, 15) is 57.9 Å². The number of carbonyl (C=O) groups excluding carboxylic acids is 2. The maximum atomic E-state index is 14.4. The summed E-state index contributed by atoms with van der Waals surface area (Å²) >= 11 is 1.05. The monoisotopic (exact) mass is 710 g/mol. The minimum absolute atomic E-state index is 0.0534. The van der Waals surface area contributed by atoms with Gasteiger partial charge in [0.05, 0.1) is 34.1 Å². The number of rotatable bonds is 5. The van der Waals surface area contributed by atoms with Gasteiger partial charge in [-0.1, -0.05) is 12.1 Å². The third-order valence-corrected chi connectivity index (χ3v) is 6.70. The highest BCUT2D eigenvalue weighted by Crippen LogP contribution is 2.54. The van der Waals surface area contributed by atoms with E-state index in [1.807, 2.05) is 0 Å². The third-order valence-electron chi connectivity index (χ3n) is 5.75. The molecule has 4 nitrogen and oxygen atoms in total. The van der Waals surface area contributed by atoms with Crippen LogP contribution in [0.4, 0.5) is 59.7 Å². The first-order chi connectivity index (χ1) is 18.7. The summed E-state index contributed by atoms with van der Waals surface area (Å²) in [6, 6.07) is 8.53. The smallest absolute Gasteiger partial charge is 0.311 e. The van der Waals surface area contributed by atoms with Gasteiger partial charge in [0.25, 0.3) is 11.8 Å². The van der Waals surface area contributed by atoms with Crippen molar-refractivity contribution in [1.82, 2.24) is 0 Å². The fourth-order valence-electron chi connectivity index (χ4n) is 3.61. The molecular weight excluding hydrogens is 696 g/mol. The summed E-state index contributed by atoms with van der Waals surface area (Å²) in [6.07, 6.45) is -18.9. The molecule has 0 aromatic heterocycles. The highest BCUT2D eigenvalue weighted by atomic mass is 127. The van der Waals surface area contributed by atoms with Crippen LogP contribution in [0, 0.1) is 5.82 Å². The van der Waals surface area contributed by atoms with Crippen molar-refractivity contribution in [1.29, 1.82) is 0 Å². The molecule has 0 saturated carbocycles. The summed E-state index contributed by atoms with van der Waals surface area (Å²) in [7, 11) is 1.28. The quantitative estimate of drug-likeness (QED) is 0.152. The van der Waals surface area contributed by atoms with Crippen LogP contribution in [0.15, 0.2) is 66.7 Å². The minimum atomic E-state index is -6.66. The fraction of sp³-hybridized carbons (Fsp3) is 0.200. The first-order valence-electron chi connectivity index (χ1n) is 10.9. The van der Waals surface area contributed by atoms with E-state index in [1.165, 1.54) is 31.3 Å². The normalized spacial score (nSPS) is 12.7. The Kier molecular flexibility index (Phi) is 8.68. The van der Waals surface area contributed by atoms with Crippen LogP contribution in [-0.2, 0) is 11.8 Å². The van der Waals surface area contributed by atoms with E-state index in [0.717, 1.165) is 52.0 Å². The lowest BCUT2D eigenvalue weighted by molar-refractivity contribution is -0.348. The van der Waals surface area contributed by atoms with Crippen molar-refractivity contribution in [2.75, 3.05) is 15.1 Å². The Morgan fingerprint density at radius 1 is 0.707 bits per heavy atom. The lowest BCUT2D eigenvalue weighted by Crippen LogP contribution is -2.50. The molecule has 0 spiro atoms. The molecule has 0 aliphatic carbocycles. The molecule has 2 amide bonds. The molecule has 0 unspecified atom stereocenters. The summed E-state index contributed by atoms with van der Waals surface area (Å²) in [5, 5.41) is 0. The molecular formula is C25H14F11IN2O2. The van der Waals surface area contributed by atoms with Gasteiger partial charge in [-0.15, -0.1) is 0 Å². The average molecular weight is 710 g/mol. The standard InChI is InChI=1S/C25H14F11IN2O2/c1-38(20(40)13-5-8-16(26)9-6-13)17-4-2-3-14(11-17)21(41)39(37)19-10-7-15(12-18(19)23(28,29)30)22(27,24(31,32)33)25(34,35)36/h2-12H,1H3. The highest BCUT2D eigenvalue weighted by molar-refractivity contribution is 14.1. The molecule has 3 aromatic rings. The lowest BCUT2D eigenvalue weighted by Gasteiger charge is -2.31. The number of carbonyl (C=O) groups is 2. The highest BCUT2D eigenvalue weighted by Gasteiger charge is 2.73. The molecule has 0 saturated heterocycles. The average Bonchev–Trinajstić information content (AvgIpc) is 2.89. The van der Waals surface area contributed by atoms with Gasteiger partial charge in [-0.3, -0.25) is 9.59 Å². The second kappa shape index (κ2) is 11.1. The molecule has 0 aliphatic rings. The van der Waals surface area contributed by atoms with Gasteiger partial charge in [0.1, 0.15) is 5.82 Å². The molecule has 16 heteroatoms. The molecule has 3 rings (SSSR count). The Bertz CT molecular complexity index is 1440. The van der Waals surface area contributed by atoms with Crippen molar-refractivity contribution >= 4 is 46.1 Å². The largest absolute Gasteiger partial charge is 0.435 e. The van der Waals surface area contributed by atoms with Gasteiger partial charge in [-0.2, -0.15) is 39.5 Å². The molecule has 3 aromatic carbocycles. The molecule has 0 heterocycles. The van der Waals surface area contributed by atoms with Crippen LogP contribution in [0.3, 0.4) is 0 Å². The number of hydrogen-bond donors (Lipinski definition) is 0. The van der Waals surface area contributed by atoms with E-state index < -0.39 is 64.7 Å².